The predicted molar refractivity (Wildman–Crippen MR) is 69.3 cm³/mol. The second-order valence-electron chi connectivity index (χ2n) is 4.66. The van der Waals surface area contributed by atoms with E-state index in [9.17, 15) is 4.39 Å². The summed E-state index contributed by atoms with van der Waals surface area (Å²) in [5.41, 5.74) is 1.59. The van der Waals surface area contributed by atoms with Crippen molar-refractivity contribution in [2.45, 2.75) is 26.7 Å². The lowest BCUT2D eigenvalue weighted by molar-refractivity contribution is 0.194. The summed E-state index contributed by atoms with van der Waals surface area (Å²) in [5, 5.41) is 0. The lowest BCUT2D eigenvalue weighted by atomic mass is 9.75. The first-order chi connectivity index (χ1) is 7.60. The molecule has 0 aliphatic carbocycles. The van der Waals surface area contributed by atoms with Gasteiger partial charge in [-0.15, -0.1) is 0 Å². The van der Waals surface area contributed by atoms with Gasteiger partial charge in [-0.05, 0) is 47.0 Å². The van der Waals surface area contributed by atoms with Gasteiger partial charge in [0.15, 0.2) is 0 Å². The summed E-state index contributed by atoms with van der Waals surface area (Å²) >= 11 is 3.42. The Morgan fingerprint density at radius 3 is 2.44 bits per heavy atom. The summed E-state index contributed by atoms with van der Waals surface area (Å²) in [6.45, 7) is 6.68. The molecule has 3 heteroatoms. The van der Waals surface area contributed by atoms with Crippen molar-refractivity contribution in [2.75, 3.05) is 18.0 Å². The molecule has 0 unspecified atom stereocenters. The maximum atomic E-state index is 13.0. The molecule has 88 valence electrons. The molecule has 16 heavy (non-hydrogen) atoms. The quantitative estimate of drug-likeness (QED) is 0.804. The van der Waals surface area contributed by atoms with E-state index in [0.29, 0.717) is 5.41 Å². The predicted octanol–water partition coefficient (Wildman–Crippen LogP) is 4.21. The molecule has 0 spiro atoms. The standard InChI is InChI=1S/C13H17BrFN/c1-3-13(4-2)8-16(9-13)12-6-5-10(15)7-11(12)14/h5-7H,3-4,8-9H2,1-2H3. The highest BCUT2D eigenvalue weighted by Crippen LogP contribution is 2.42. The number of hydrogen-bond acceptors (Lipinski definition) is 1. The molecule has 0 radical (unpaired) electrons. The molecule has 0 amide bonds. The molecule has 0 aromatic heterocycles. The minimum atomic E-state index is -0.187. The van der Waals surface area contributed by atoms with E-state index in [1.807, 2.05) is 6.07 Å². The molecule has 1 aromatic rings. The van der Waals surface area contributed by atoms with Gasteiger partial charge in [0.25, 0.3) is 0 Å². The van der Waals surface area contributed by atoms with E-state index in [0.717, 1.165) is 23.2 Å². The third kappa shape index (κ3) is 1.97. The third-order valence-corrected chi connectivity index (χ3v) is 4.44. The summed E-state index contributed by atoms with van der Waals surface area (Å²) < 4.78 is 13.8. The molecule has 1 saturated heterocycles. The van der Waals surface area contributed by atoms with E-state index in [1.54, 1.807) is 0 Å². The molecule has 1 aliphatic rings. The zero-order valence-corrected chi connectivity index (χ0v) is 11.3. The molecule has 0 bridgehead atoms. The summed E-state index contributed by atoms with van der Waals surface area (Å²) in [6.07, 6.45) is 2.44. The molecule has 1 nitrogen and oxygen atoms in total. The Bertz CT molecular complexity index is 380. The van der Waals surface area contributed by atoms with Crippen molar-refractivity contribution in [1.29, 1.82) is 0 Å². The van der Waals surface area contributed by atoms with Crippen LogP contribution in [0.5, 0.6) is 0 Å². The van der Waals surface area contributed by atoms with Gasteiger partial charge in [0, 0.05) is 23.0 Å². The number of anilines is 1. The van der Waals surface area contributed by atoms with Crippen molar-refractivity contribution < 1.29 is 4.39 Å². The summed E-state index contributed by atoms with van der Waals surface area (Å²) in [5.74, 6) is -0.187. The normalized spacial score (nSPS) is 18.4. The zero-order chi connectivity index (χ0) is 11.8. The van der Waals surface area contributed by atoms with Gasteiger partial charge in [0.2, 0.25) is 0 Å². The van der Waals surface area contributed by atoms with Crippen LogP contribution in [0.2, 0.25) is 0 Å². The molecule has 1 fully saturated rings. The molecule has 0 atom stereocenters. The Morgan fingerprint density at radius 2 is 1.94 bits per heavy atom. The highest BCUT2D eigenvalue weighted by Gasteiger charge is 2.40. The molecule has 2 rings (SSSR count). The van der Waals surface area contributed by atoms with Crippen LogP contribution in [0.15, 0.2) is 22.7 Å². The fraction of sp³-hybridized carbons (Fsp3) is 0.538. The van der Waals surface area contributed by atoms with Gasteiger partial charge < -0.3 is 4.90 Å². The molecular formula is C13H17BrFN. The van der Waals surface area contributed by atoms with Crippen LogP contribution < -0.4 is 4.90 Å². The monoisotopic (exact) mass is 285 g/mol. The van der Waals surface area contributed by atoms with Crippen molar-refractivity contribution >= 4 is 21.6 Å². The number of rotatable bonds is 3. The average Bonchev–Trinajstić information content (AvgIpc) is 2.20. The van der Waals surface area contributed by atoms with E-state index in [2.05, 4.69) is 34.7 Å². The van der Waals surface area contributed by atoms with Crippen LogP contribution in [0, 0.1) is 11.2 Å². The minimum Gasteiger partial charge on any atom is -0.369 e. The van der Waals surface area contributed by atoms with Gasteiger partial charge in [-0.1, -0.05) is 13.8 Å². The maximum Gasteiger partial charge on any atom is 0.124 e. The van der Waals surface area contributed by atoms with Crippen LogP contribution in [-0.4, -0.2) is 13.1 Å². The van der Waals surface area contributed by atoms with Crippen LogP contribution in [0.4, 0.5) is 10.1 Å². The molecule has 1 aromatic carbocycles. The molecule has 1 heterocycles. The Labute approximate surface area is 105 Å². The van der Waals surface area contributed by atoms with Crippen molar-refractivity contribution in [3.05, 3.63) is 28.5 Å². The first-order valence-electron chi connectivity index (χ1n) is 5.80. The second kappa shape index (κ2) is 4.36. The van der Waals surface area contributed by atoms with Crippen LogP contribution in [-0.2, 0) is 0 Å². The first-order valence-corrected chi connectivity index (χ1v) is 6.59. The van der Waals surface area contributed by atoms with Crippen molar-refractivity contribution in [3.63, 3.8) is 0 Å². The van der Waals surface area contributed by atoms with E-state index in [4.69, 9.17) is 0 Å². The summed E-state index contributed by atoms with van der Waals surface area (Å²) in [4.78, 5) is 2.32. The van der Waals surface area contributed by atoms with Crippen LogP contribution >= 0.6 is 15.9 Å². The smallest absolute Gasteiger partial charge is 0.124 e. The highest BCUT2D eigenvalue weighted by atomic mass is 79.9. The van der Waals surface area contributed by atoms with Gasteiger partial charge in [-0.25, -0.2) is 4.39 Å². The third-order valence-electron chi connectivity index (χ3n) is 3.80. The van der Waals surface area contributed by atoms with E-state index >= 15 is 0 Å². The summed E-state index contributed by atoms with van der Waals surface area (Å²) in [6, 6.07) is 4.92. The lowest BCUT2D eigenvalue weighted by Crippen LogP contribution is -2.56. The zero-order valence-electron chi connectivity index (χ0n) is 9.76. The average molecular weight is 286 g/mol. The number of hydrogen-bond donors (Lipinski definition) is 0. The Hall–Kier alpha value is -0.570. The van der Waals surface area contributed by atoms with Gasteiger partial charge in [0.05, 0.1) is 5.69 Å². The summed E-state index contributed by atoms with van der Waals surface area (Å²) in [7, 11) is 0. The van der Waals surface area contributed by atoms with E-state index < -0.39 is 0 Å². The topological polar surface area (TPSA) is 3.24 Å². The first kappa shape index (κ1) is 11.9. The van der Waals surface area contributed by atoms with Gasteiger partial charge >= 0.3 is 0 Å². The number of nitrogens with zero attached hydrogens (tertiary/aromatic N) is 1. The number of halogens is 2. The maximum absolute atomic E-state index is 13.0. The van der Waals surface area contributed by atoms with Gasteiger partial charge in [-0.3, -0.25) is 0 Å². The van der Waals surface area contributed by atoms with Crippen molar-refractivity contribution in [1.82, 2.24) is 0 Å². The second-order valence-corrected chi connectivity index (χ2v) is 5.51. The highest BCUT2D eigenvalue weighted by molar-refractivity contribution is 9.10. The van der Waals surface area contributed by atoms with Gasteiger partial charge in [-0.2, -0.15) is 0 Å². The SMILES string of the molecule is CCC1(CC)CN(c2ccc(F)cc2Br)C1. The van der Waals surface area contributed by atoms with Crippen LogP contribution in [0.25, 0.3) is 0 Å². The lowest BCUT2D eigenvalue weighted by Gasteiger charge is -2.51. The van der Waals surface area contributed by atoms with E-state index in [1.165, 1.54) is 25.0 Å². The number of benzene rings is 1. The van der Waals surface area contributed by atoms with Crippen molar-refractivity contribution in [2.24, 2.45) is 5.41 Å². The van der Waals surface area contributed by atoms with Crippen LogP contribution in [0.3, 0.4) is 0 Å². The molecule has 1 aliphatic heterocycles. The fourth-order valence-corrected chi connectivity index (χ4v) is 2.97. The Morgan fingerprint density at radius 1 is 1.31 bits per heavy atom. The largest absolute Gasteiger partial charge is 0.369 e. The molecule has 0 N–H and O–H groups in total. The Balaban J connectivity index is 2.12. The molecular weight excluding hydrogens is 269 g/mol. The van der Waals surface area contributed by atoms with E-state index in [-0.39, 0.29) is 5.82 Å². The fourth-order valence-electron chi connectivity index (χ4n) is 2.37. The van der Waals surface area contributed by atoms with Crippen molar-refractivity contribution in [3.8, 4) is 0 Å². The van der Waals surface area contributed by atoms with Crippen LogP contribution in [0.1, 0.15) is 26.7 Å². The van der Waals surface area contributed by atoms with Gasteiger partial charge in [0.1, 0.15) is 5.82 Å². The molecule has 0 saturated carbocycles. The minimum absolute atomic E-state index is 0.187. The Kier molecular flexibility index (Phi) is 3.24.